The third kappa shape index (κ3) is 5.23. The van der Waals surface area contributed by atoms with E-state index in [4.69, 9.17) is 9.15 Å². The van der Waals surface area contributed by atoms with Gasteiger partial charge in [-0.1, -0.05) is 48.5 Å². The number of carbonyl (C=O) groups excluding carboxylic acids is 2. The number of methoxy groups -OCH3 is 1. The number of hydrogen-bond acceptors (Lipinski definition) is 6. The smallest absolute Gasteiger partial charge is 0.356 e. The molecular weight excluding hydrogens is 468 g/mol. The van der Waals surface area contributed by atoms with Gasteiger partial charge in [-0.2, -0.15) is 0 Å². The van der Waals surface area contributed by atoms with Gasteiger partial charge in [-0.3, -0.25) is 4.79 Å². The van der Waals surface area contributed by atoms with E-state index in [0.29, 0.717) is 34.6 Å². The molecule has 8 nitrogen and oxygen atoms in total. The fourth-order valence-electron chi connectivity index (χ4n) is 4.24. The van der Waals surface area contributed by atoms with Gasteiger partial charge in [0.05, 0.1) is 37.5 Å². The number of pyridine rings is 1. The predicted octanol–water partition coefficient (Wildman–Crippen LogP) is 5.37. The summed E-state index contributed by atoms with van der Waals surface area (Å²) in [7, 11) is 1.31. The summed E-state index contributed by atoms with van der Waals surface area (Å²) in [6.45, 7) is 0.933. The molecule has 3 heterocycles. The Morgan fingerprint density at radius 1 is 1.00 bits per heavy atom. The fourth-order valence-corrected chi connectivity index (χ4v) is 4.24. The van der Waals surface area contributed by atoms with Gasteiger partial charge in [-0.05, 0) is 42.3 Å². The highest BCUT2D eigenvalue weighted by Gasteiger charge is 2.27. The van der Waals surface area contributed by atoms with Crippen molar-refractivity contribution < 1.29 is 18.7 Å². The first-order valence-corrected chi connectivity index (χ1v) is 11.9. The molecular formula is C29H26N4O4. The maximum Gasteiger partial charge on any atom is 0.356 e. The number of rotatable bonds is 9. The van der Waals surface area contributed by atoms with Gasteiger partial charge >= 0.3 is 5.97 Å². The summed E-state index contributed by atoms with van der Waals surface area (Å²) in [4.78, 5) is 30.8. The molecule has 1 amide bonds. The highest BCUT2D eigenvalue weighted by Crippen LogP contribution is 2.33. The van der Waals surface area contributed by atoms with Gasteiger partial charge in [0.15, 0.2) is 5.69 Å². The van der Waals surface area contributed by atoms with Gasteiger partial charge < -0.3 is 24.4 Å². The van der Waals surface area contributed by atoms with E-state index in [1.54, 1.807) is 47.4 Å². The second-order valence-corrected chi connectivity index (χ2v) is 8.46. The van der Waals surface area contributed by atoms with Crippen LogP contribution < -0.4 is 10.6 Å². The van der Waals surface area contributed by atoms with Gasteiger partial charge in [0.2, 0.25) is 0 Å². The molecule has 2 aromatic carbocycles. The van der Waals surface area contributed by atoms with Crippen LogP contribution >= 0.6 is 0 Å². The summed E-state index contributed by atoms with van der Waals surface area (Å²) in [5.74, 6) is -0.299. The van der Waals surface area contributed by atoms with Gasteiger partial charge in [0.25, 0.3) is 5.91 Å². The molecule has 5 aromatic rings. The van der Waals surface area contributed by atoms with E-state index in [2.05, 4.69) is 27.8 Å². The zero-order valence-corrected chi connectivity index (χ0v) is 20.3. The van der Waals surface area contributed by atoms with Crippen LogP contribution in [0.4, 0.5) is 11.4 Å². The number of hydrogen-bond donors (Lipinski definition) is 2. The third-order valence-corrected chi connectivity index (χ3v) is 6.03. The molecule has 0 unspecified atom stereocenters. The van der Waals surface area contributed by atoms with Crippen LogP contribution in [0.15, 0.2) is 95.7 Å². The minimum Gasteiger partial charge on any atom is -0.467 e. The molecule has 0 fully saturated rings. The van der Waals surface area contributed by atoms with Crippen LogP contribution in [-0.4, -0.2) is 35.1 Å². The van der Waals surface area contributed by atoms with Gasteiger partial charge in [0, 0.05) is 17.5 Å². The first kappa shape index (κ1) is 23.9. The molecule has 0 bridgehead atoms. The number of carbonyl (C=O) groups is 2. The average molecular weight is 495 g/mol. The van der Waals surface area contributed by atoms with E-state index in [1.165, 1.54) is 12.7 Å². The first-order valence-electron chi connectivity index (χ1n) is 11.9. The molecule has 37 heavy (non-hydrogen) atoms. The number of anilines is 2. The Balaban J connectivity index is 1.55. The maximum atomic E-state index is 13.1. The zero-order valence-electron chi connectivity index (χ0n) is 20.3. The quantitative estimate of drug-likeness (QED) is 0.267. The number of amides is 1. The largest absolute Gasteiger partial charge is 0.467 e. The van der Waals surface area contributed by atoms with Crippen LogP contribution in [0.3, 0.4) is 0 Å². The molecule has 0 radical (unpaired) electrons. The van der Waals surface area contributed by atoms with Crippen molar-refractivity contribution in [2.75, 3.05) is 24.3 Å². The molecule has 0 saturated heterocycles. The molecule has 5 rings (SSSR count). The van der Waals surface area contributed by atoms with Crippen LogP contribution in [0.25, 0.3) is 11.0 Å². The van der Waals surface area contributed by atoms with E-state index in [1.807, 2.05) is 36.4 Å². The topological polar surface area (TPSA) is 98.4 Å². The SMILES string of the molecule is COC(=O)c1c(NC(=O)c2ccccc2)c2cc(NCCc3ccccc3)cnc2n1Cc1ccco1. The van der Waals surface area contributed by atoms with E-state index in [9.17, 15) is 9.59 Å². The Morgan fingerprint density at radius 2 is 1.76 bits per heavy atom. The monoisotopic (exact) mass is 494 g/mol. The number of benzene rings is 2. The highest BCUT2D eigenvalue weighted by molar-refractivity contribution is 6.14. The lowest BCUT2D eigenvalue weighted by molar-refractivity contribution is 0.0590. The van der Waals surface area contributed by atoms with Crippen LogP contribution in [0.2, 0.25) is 0 Å². The van der Waals surface area contributed by atoms with Crippen molar-refractivity contribution in [3.8, 4) is 0 Å². The molecule has 0 aliphatic heterocycles. The van der Waals surface area contributed by atoms with E-state index >= 15 is 0 Å². The Hall–Kier alpha value is -4.85. The zero-order chi connectivity index (χ0) is 25.6. The second-order valence-electron chi connectivity index (χ2n) is 8.46. The number of furan rings is 1. The maximum absolute atomic E-state index is 13.1. The lowest BCUT2D eigenvalue weighted by Crippen LogP contribution is -2.17. The van der Waals surface area contributed by atoms with Gasteiger partial charge in [0.1, 0.15) is 11.4 Å². The fraction of sp³-hybridized carbons (Fsp3) is 0.138. The van der Waals surface area contributed by atoms with Crippen molar-refractivity contribution >= 4 is 34.3 Å². The van der Waals surface area contributed by atoms with Crippen LogP contribution in [0, 0.1) is 0 Å². The molecule has 3 aromatic heterocycles. The highest BCUT2D eigenvalue weighted by atomic mass is 16.5. The Kier molecular flexibility index (Phi) is 6.98. The van der Waals surface area contributed by atoms with Crippen molar-refractivity contribution in [2.24, 2.45) is 0 Å². The Labute approximate surface area is 213 Å². The molecule has 0 spiro atoms. The summed E-state index contributed by atoms with van der Waals surface area (Å²) >= 11 is 0. The standard InChI is InChI=1S/C29H26N4O4/c1-36-29(35)26-25(32-28(34)21-11-6-3-7-12-21)24-17-22(30-15-14-20-9-4-2-5-10-20)18-31-27(24)33(26)19-23-13-8-16-37-23/h2-13,16-18,30H,14-15,19H2,1H3,(H,32,34). The van der Waals surface area contributed by atoms with E-state index in [-0.39, 0.29) is 18.1 Å². The van der Waals surface area contributed by atoms with E-state index in [0.717, 1.165) is 12.1 Å². The summed E-state index contributed by atoms with van der Waals surface area (Å²) in [5, 5.41) is 6.94. The lowest BCUT2D eigenvalue weighted by atomic mass is 10.1. The van der Waals surface area contributed by atoms with E-state index < -0.39 is 5.97 Å². The number of nitrogens with zero attached hydrogens (tertiary/aromatic N) is 2. The molecule has 8 heteroatoms. The number of aromatic nitrogens is 2. The third-order valence-electron chi connectivity index (χ3n) is 6.03. The predicted molar refractivity (Wildman–Crippen MR) is 142 cm³/mol. The van der Waals surface area contributed by atoms with Gasteiger partial charge in [-0.15, -0.1) is 0 Å². The van der Waals surface area contributed by atoms with Crippen molar-refractivity contribution in [1.82, 2.24) is 9.55 Å². The summed E-state index contributed by atoms with van der Waals surface area (Å²) in [5.41, 5.74) is 3.50. The molecule has 0 atom stereocenters. The molecule has 2 N–H and O–H groups in total. The number of ether oxygens (including phenoxy) is 1. The first-order chi connectivity index (χ1) is 18.1. The molecule has 0 aliphatic carbocycles. The number of nitrogens with one attached hydrogen (secondary N) is 2. The van der Waals surface area contributed by atoms with Crippen LogP contribution in [0.1, 0.15) is 32.2 Å². The number of fused-ring (bicyclic) bond motifs is 1. The van der Waals surface area contributed by atoms with Crippen molar-refractivity contribution in [3.05, 3.63) is 114 Å². The van der Waals surface area contributed by atoms with Crippen molar-refractivity contribution in [2.45, 2.75) is 13.0 Å². The average Bonchev–Trinajstić information content (AvgIpc) is 3.56. The molecule has 0 aliphatic rings. The van der Waals surface area contributed by atoms with Gasteiger partial charge in [-0.25, -0.2) is 9.78 Å². The Morgan fingerprint density at radius 3 is 2.46 bits per heavy atom. The normalized spacial score (nSPS) is 10.8. The summed E-state index contributed by atoms with van der Waals surface area (Å²) in [6.07, 6.45) is 4.12. The van der Waals surface area contributed by atoms with Crippen molar-refractivity contribution in [3.63, 3.8) is 0 Å². The molecule has 186 valence electrons. The molecule has 0 saturated carbocycles. The second kappa shape index (κ2) is 10.8. The lowest BCUT2D eigenvalue weighted by Gasteiger charge is -2.10. The Bertz CT molecular complexity index is 1510. The minimum absolute atomic E-state index is 0.187. The summed E-state index contributed by atoms with van der Waals surface area (Å²) < 4.78 is 12.3. The van der Waals surface area contributed by atoms with Crippen LogP contribution in [-0.2, 0) is 17.7 Å². The van der Waals surface area contributed by atoms with Crippen LogP contribution in [0.5, 0.6) is 0 Å². The van der Waals surface area contributed by atoms with Crippen molar-refractivity contribution in [1.29, 1.82) is 0 Å². The minimum atomic E-state index is -0.591. The number of esters is 1. The summed E-state index contributed by atoms with van der Waals surface area (Å²) in [6, 6.07) is 24.5.